The second-order valence-electron chi connectivity index (χ2n) is 7.12. The third kappa shape index (κ3) is 6.57. The topological polar surface area (TPSA) is 83.1 Å². The molecule has 0 radical (unpaired) electrons. The van der Waals surface area contributed by atoms with Crippen molar-refractivity contribution in [3.63, 3.8) is 0 Å². The summed E-state index contributed by atoms with van der Waals surface area (Å²) < 4.78 is 21.4. The average Bonchev–Trinajstić information content (AvgIpc) is 2.85. The Bertz CT molecular complexity index is 1080. The van der Waals surface area contributed by atoms with Crippen LogP contribution in [-0.2, 0) is 6.42 Å². The number of rotatable bonds is 10. The SMILES string of the molecule is CCNCCc1ccc(OC(=O)c2ccc(OC)cc2)c(OC(=O)c2ccc(OC)cc2)c1. The fraction of sp³-hybridized carbons (Fsp3) is 0.231. The number of nitrogens with one attached hydrogen (secondary N) is 1. The van der Waals surface area contributed by atoms with Gasteiger partial charge in [-0.1, -0.05) is 13.0 Å². The molecule has 7 heteroatoms. The summed E-state index contributed by atoms with van der Waals surface area (Å²) >= 11 is 0. The first kappa shape index (κ1) is 23.8. The summed E-state index contributed by atoms with van der Waals surface area (Å²) in [4.78, 5) is 25.4. The van der Waals surface area contributed by atoms with Gasteiger partial charge < -0.3 is 24.3 Å². The van der Waals surface area contributed by atoms with Crippen LogP contribution in [0.25, 0.3) is 0 Å². The van der Waals surface area contributed by atoms with Crippen molar-refractivity contribution in [1.29, 1.82) is 0 Å². The summed E-state index contributed by atoms with van der Waals surface area (Å²) in [5.41, 5.74) is 1.64. The predicted octanol–water partition coefficient (Wildman–Crippen LogP) is 4.29. The van der Waals surface area contributed by atoms with Gasteiger partial charge >= 0.3 is 11.9 Å². The Morgan fingerprint density at radius 2 is 1.24 bits per heavy atom. The maximum absolute atomic E-state index is 12.7. The zero-order chi connectivity index (χ0) is 23.6. The van der Waals surface area contributed by atoms with E-state index in [2.05, 4.69) is 5.32 Å². The summed E-state index contributed by atoms with van der Waals surface area (Å²) in [5.74, 6) is 0.455. The third-order valence-electron chi connectivity index (χ3n) is 4.91. The molecule has 0 bridgehead atoms. The van der Waals surface area contributed by atoms with Gasteiger partial charge in [-0.15, -0.1) is 0 Å². The fourth-order valence-electron chi connectivity index (χ4n) is 3.05. The molecule has 7 nitrogen and oxygen atoms in total. The summed E-state index contributed by atoms with van der Waals surface area (Å²) in [6, 6.07) is 18.3. The molecule has 0 aliphatic heterocycles. The van der Waals surface area contributed by atoms with E-state index in [9.17, 15) is 9.59 Å². The molecular weight excluding hydrogens is 422 g/mol. The van der Waals surface area contributed by atoms with Gasteiger partial charge in [0.05, 0.1) is 25.3 Å². The van der Waals surface area contributed by atoms with Gasteiger partial charge in [0.15, 0.2) is 11.5 Å². The fourth-order valence-corrected chi connectivity index (χ4v) is 3.05. The normalized spacial score (nSPS) is 10.4. The van der Waals surface area contributed by atoms with Gasteiger partial charge in [-0.3, -0.25) is 0 Å². The van der Waals surface area contributed by atoms with Gasteiger partial charge in [0, 0.05) is 0 Å². The number of ether oxygens (including phenoxy) is 4. The molecule has 0 heterocycles. The standard InChI is InChI=1S/C26H27NO6/c1-4-27-16-15-18-5-14-23(32-25(28)19-6-10-21(30-2)11-7-19)24(17-18)33-26(29)20-8-12-22(31-3)13-9-20/h5-14,17,27H,4,15-16H2,1-3H3. The molecule has 0 unspecified atom stereocenters. The molecule has 0 saturated carbocycles. The van der Waals surface area contributed by atoms with Crippen molar-refractivity contribution in [3.8, 4) is 23.0 Å². The Morgan fingerprint density at radius 1 is 0.727 bits per heavy atom. The van der Waals surface area contributed by atoms with Crippen LogP contribution in [-0.4, -0.2) is 39.2 Å². The molecule has 0 fully saturated rings. The molecule has 0 amide bonds. The van der Waals surface area contributed by atoms with Gasteiger partial charge in [0.25, 0.3) is 0 Å². The highest BCUT2D eigenvalue weighted by atomic mass is 16.6. The van der Waals surface area contributed by atoms with E-state index in [0.29, 0.717) is 22.6 Å². The lowest BCUT2D eigenvalue weighted by atomic mass is 10.1. The minimum atomic E-state index is -0.570. The molecule has 3 rings (SSSR count). The lowest BCUT2D eigenvalue weighted by molar-refractivity contribution is 0.0682. The smallest absolute Gasteiger partial charge is 0.343 e. The molecule has 0 spiro atoms. The highest BCUT2D eigenvalue weighted by molar-refractivity contribution is 5.93. The average molecular weight is 450 g/mol. The van der Waals surface area contributed by atoms with Crippen molar-refractivity contribution >= 4 is 11.9 Å². The first-order valence-corrected chi connectivity index (χ1v) is 10.6. The maximum Gasteiger partial charge on any atom is 0.343 e. The summed E-state index contributed by atoms with van der Waals surface area (Å²) in [6.45, 7) is 3.66. The monoisotopic (exact) mass is 449 g/mol. The van der Waals surface area contributed by atoms with Crippen LogP contribution < -0.4 is 24.3 Å². The lowest BCUT2D eigenvalue weighted by Gasteiger charge is -2.13. The zero-order valence-electron chi connectivity index (χ0n) is 18.9. The minimum Gasteiger partial charge on any atom is -0.497 e. The largest absolute Gasteiger partial charge is 0.497 e. The number of carbonyl (C=O) groups excluding carboxylic acids is 2. The Morgan fingerprint density at radius 3 is 1.73 bits per heavy atom. The molecule has 172 valence electrons. The number of likely N-dealkylation sites (N-methyl/N-ethyl adjacent to an activating group) is 1. The van der Waals surface area contributed by atoms with E-state index in [0.717, 1.165) is 25.1 Å². The van der Waals surface area contributed by atoms with Crippen LogP contribution in [0.1, 0.15) is 33.2 Å². The number of benzene rings is 3. The van der Waals surface area contributed by atoms with Crippen LogP contribution in [0.4, 0.5) is 0 Å². The second kappa shape index (κ2) is 11.7. The Kier molecular flexibility index (Phi) is 8.43. The first-order chi connectivity index (χ1) is 16.0. The Labute approximate surface area is 193 Å². The number of hydrogen-bond acceptors (Lipinski definition) is 7. The number of hydrogen-bond donors (Lipinski definition) is 1. The van der Waals surface area contributed by atoms with Crippen LogP contribution >= 0.6 is 0 Å². The minimum absolute atomic E-state index is 0.157. The molecule has 1 N–H and O–H groups in total. The van der Waals surface area contributed by atoms with E-state index < -0.39 is 11.9 Å². The zero-order valence-corrected chi connectivity index (χ0v) is 18.9. The predicted molar refractivity (Wildman–Crippen MR) is 125 cm³/mol. The van der Waals surface area contributed by atoms with E-state index in [4.69, 9.17) is 18.9 Å². The van der Waals surface area contributed by atoms with Crippen LogP contribution in [0.5, 0.6) is 23.0 Å². The Hall–Kier alpha value is -3.84. The van der Waals surface area contributed by atoms with Gasteiger partial charge in [-0.05, 0) is 85.7 Å². The van der Waals surface area contributed by atoms with Crippen molar-refractivity contribution in [2.45, 2.75) is 13.3 Å². The van der Waals surface area contributed by atoms with Gasteiger partial charge in [-0.25, -0.2) is 9.59 Å². The van der Waals surface area contributed by atoms with Gasteiger partial charge in [0.1, 0.15) is 11.5 Å². The molecule has 0 aliphatic carbocycles. The van der Waals surface area contributed by atoms with Crippen molar-refractivity contribution in [2.75, 3.05) is 27.3 Å². The molecule has 3 aromatic rings. The van der Waals surface area contributed by atoms with Gasteiger partial charge in [-0.2, -0.15) is 0 Å². The van der Waals surface area contributed by atoms with Crippen molar-refractivity contribution < 1.29 is 28.5 Å². The van der Waals surface area contributed by atoms with Crippen LogP contribution in [0, 0.1) is 0 Å². The molecule has 0 aliphatic rings. The number of esters is 2. The van der Waals surface area contributed by atoms with Gasteiger partial charge in [0.2, 0.25) is 0 Å². The van der Waals surface area contributed by atoms with E-state index in [1.807, 2.05) is 13.0 Å². The molecular formula is C26H27NO6. The van der Waals surface area contributed by atoms with Crippen LogP contribution in [0.15, 0.2) is 66.7 Å². The lowest BCUT2D eigenvalue weighted by Crippen LogP contribution is -2.16. The van der Waals surface area contributed by atoms with Crippen LogP contribution in [0.3, 0.4) is 0 Å². The molecule has 33 heavy (non-hydrogen) atoms. The quantitative estimate of drug-likeness (QED) is 0.281. The summed E-state index contributed by atoms with van der Waals surface area (Å²) in [7, 11) is 3.10. The van der Waals surface area contributed by atoms with E-state index in [1.54, 1.807) is 74.9 Å². The molecule has 0 saturated heterocycles. The van der Waals surface area contributed by atoms with Crippen molar-refractivity contribution in [2.24, 2.45) is 0 Å². The third-order valence-corrected chi connectivity index (χ3v) is 4.91. The van der Waals surface area contributed by atoms with E-state index >= 15 is 0 Å². The summed E-state index contributed by atoms with van der Waals surface area (Å²) in [5, 5.41) is 3.26. The molecule has 0 atom stereocenters. The van der Waals surface area contributed by atoms with E-state index in [-0.39, 0.29) is 11.5 Å². The van der Waals surface area contributed by atoms with Crippen molar-refractivity contribution in [3.05, 3.63) is 83.4 Å². The maximum atomic E-state index is 12.7. The van der Waals surface area contributed by atoms with Crippen LogP contribution in [0.2, 0.25) is 0 Å². The highest BCUT2D eigenvalue weighted by Gasteiger charge is 2.17. The Balaban J connectivity index is 1.82. The molecule has 0 aromatic heterocycles. The van der Waals surface area contributed by atoms with E-state index in [1.165, 1.54) is 0 Å². The first-order valence-electron chi connectivity index (χ1n) is 10.6. The highest BCUT2D eigenvalue weighted by Crippen LogP contribution is 2.30. The second-order valence-corrected chi connectivity index (χ2v) is 7.12. The number of methoxy groups -OCH3 is 2. The van der Waals surface area contributed by atoms with Crippen molar-refractivity contribution in [1.82, 2.24) is 5.32 Å². The number of carbonyl (C=O) groups is 2. The molecule has 3 aromatic carbocycles. The summed E-state index contributed by atoms with van der Waals surface area (Å²) in [6.07, 6.45) is 0.730.